The predicted octanol–water partition coefficient (Wildman–Crippen LogP) is 0.0405. The maximum absolute atomic E-state index is 10.6. The Morgan fingerprint density at radius 1 is 1.50 bits per heavy atom. The maximum Gasteiger partial charge on any atom is 0.309 e. The monoisotopic (exact) mass is 140 g/mol. The molecule has 0 rings (SSSR count). The van der Waals surface area contributed by atoms with Crippen molar-refractivity contribution in [2.45, 2.75) is 20.3 Å². The Morgan fingerprint density at radius 3 is 2.70 bits per heavy atom. The van der Waals surface area contributed by atoms with Gasteiger partial charge in [-0.3, -0.25) is 10.2 Å². The third-order valence-electron chi connectivity index (χ3n) is 0.757. The molecule has 3 heteroatoms. The summed E-state index contributed by atoms with van der Waals surface area (Å²) in [6.07, 6.45) is 0.708. The van der Waals surface area contributed by atoms with E-state index in [2.05, 4.69) is 22.7 Å². The van der Waals surface area contributed by atoms with Gasteiger partial charge < -0.3 is 0 Å². The summed E-state index contributed by atoms with van der Waals surface area (Å²) in [4.78, 5) is 10.6. The maximum atomic E-state index is 10.6. The van der Waals surface area contributed by atoms with Gasteiger partial charge in [-0.2, -0.15) is 0 Å². The van der Waals surface area contributed by atoms with Gasteiger partial charge in [0.05, 0.1) is 0 Å². The van der Waals surface area contributed by atoms with Gasteiger partial charge in [-0.1, -0.05) is 19.8 Å². The average Bonchev–Trinajstić information content (AvgIpc) is 1.97. The van der Waals surface area contributed by atoms with Gasteiger partial charge in [0.15, 0.2) is 0 Å². The number of carbonyl (C=O) groups is 1. The minimum Gasteiger partial charge on any atom is -0.281 e. The Morgan fingerprint density at radius 2 is 2.20 bits per heavy atom. The Hall–Kier alpha value is -1.01. The summed E-state index contributed by atoms with van der Waals surface area (Å²) >= 11 is 0. The molecule has 3 nitrogen and oxygen atoms in total. The highest BCUT2D eigenvalue weighted by Crippen LogP contribution is 1.66. The van der Waals surface area contributed by atoms with Crippen LogP contribution in [0.3, 0.4) is 0 Å². The Bertz CT molecular complexity index is 155. The number of carbonyl (C=O) groups excluding carboxylic acids is 1. The molecule has 0 aliphatic heterocycles. The lowest BCUT2D eigenvalue weighted by molar-refractivity contribution is -0.116. The summed E-state index contributed by atoms with van der Waals surface area (Å²) in [5, 5.41) is 0. The second kappa shape index (κ2) is 6.12. The van der Waals surface area contributed by atoms with Crippen LogP contribution in [0.1, 0.15) is 20.3 Å². The minimum absolute atomic E-state index is 0.274. The highest BCUT2D eigenvalue weighted by Gasteiger charge is 1.88. The topological polar surface area (TPSA) is 41.1 Å². The van der Waals surface area contributed by atoms with Crippen LogP contribution in [0.4, 0.5) is 0 Å². The van der Waals surface area contributed by atoms with Crippen molar-refractivity contribution in [1.29, 1.82) is 0 Å². The van der Waals surface area contributed by atoms with Crippen molar-refractivity contribution in [3.63, 3.8) is 0 Å². The zero-order valence-electron chi connectivity index (χ0n) is 6.32. The van der Waals surface area contributed by atoms with E-state index < -0.39 is 0 Å². The fourth-order valence-corrected chi connectivity index (χ4v) is 0.369. The van der Waals surface area contributed by atoms with Gasteiger partial charge in [-0.25, -0.2) is 5.43 Å². The first kappa shape index (κ1) is 8.99. The highest BCUT2D eigenvalue weighted by atomic mass is 16.2. The zero-order chi connectivity index (χ0) is 7.82. The van der Waals surface area contributed by atoms with Crippen LogP contribution in [-0.2, 0) is 4.79 Å². The average molecular weight is 140 g/mol. The molecule has 56 valence electrons. The molecular weight excluding hydrogens is 128 g/mol. The standard InChI is InChI=1S/C7H12N2O/c1-3-5-6-7(10)9-8-4-2/h8H,3-4H2,1-2H3,(H,9,10). The number of hydrogen-bond donors (Lipinski definition) is 2. The largest absolute Gasteiger partial charge is 0.309 e. The van der Waals surface area contributed by atoms with E-state index in [0.717, 1.165) is 0 Å². The van der Waals surface area contributed by atoms with Crippen molar-refractivity contribution in [3.05, 3.63) is 0 Å². The second-order valence-corrected chi connectivity index (χ2v) is 1.64. The van der Waals surface area contributed by atoms with Gasteiger partial charge in [0, 0.05) is 13.0 Å². The SMILES string of the molecule is CCC#CC(=O)NNCC. The first-order valence-corrected chi connectivity index (χ1v) is 3.33. The molecule has 0 aromatic rings. The van der Waals surface area contributed by atoms with E-state index in [1.54, 1.807) is 0 Å². The summed E-state index contributed by atoms with van der Waals surface area (Å²) in [5.74, 6) is 4.79. The second-order valence-electron chi connectivity index (χ2n) is 1.64. The molecular formula is C7H12N2O. The fraction of sp³-hybridized carbons (Fsp3) is 0.571. The quantitative estimate of drug-likeness (QED) is 0.420. The predicted molar refractivity (Wildman–Crippen MR) is 39.9 cm³/mol. The molecule has 0 radical (unpaired) electrons. The zero-order valence-corrected chi connectivity index (χ0v) is 6.32. The molecule has 0 unspecified atom stereocenters. The fourth-order valence-electron chi connectivity index (χ4n) is 0.369. The molecule has 0 saturated carbocycles. The molecule has 0 heterocycles. The van der Waals surface area contributed by atoms with E-state index in [-0.39, 0.29) is 5.91 Å². The summed E-state index contributed by atoms with van der Waals surface area (Å²) in [6, 6.07) is 0. The molecule has 0 spiro atoms. The molecule has 0 aromatic carbocycles. The molecule has 0 saturated heterocycles. The smallest absolute Gasteiger partial charge is 0.281 e. The van der Waals surface area contributed by atoms with Crippen molar-refractivity contribution in [1.82, 2.24) is 10.9 Å². The van der Waals surface area contributed by atoms with Crippen LogP contribution in [0.15, 0.2) is 0 Å². The molecule has 0 aliphatic carbocycles. The third kappa shape index (κ3) is 5.13. The number of hydrogen-bond acceptors (Lipinski definition) is 2. The van der Waals surface area contributed by atoms with E-state index in [1.165, 1.54) is 0 Å². The van der Waals surface area contributed by atoms with Crippen molar-refractivity contribution in [2.24, 2.45) is 0 Å². The molecule has 0 aromatic heterocycles. The lowest BCUT2D eigenvalue weighted by atomic mass is 10.4. The van der Waals surface area contributed by atoms with Crippen LogP contribution in [0.2, 0.25) is 0 Å². The summed E-state index contributed by atoms with van der Waals surface area (Å²) in [5.41, 5.74) is 5.06. The lowest BCUT2D eigenvalue weighted by Gasteiger charge is -1.96. The first-order valence-electron chi connectivity index (χ1n) is 3.33. The number of rotatable bonds is 2. The molecule has 0 atom stereocenters. The van der Waals surface area contributed by atoms with E-state index in [1.807, 2.05) is 13.8 Å². The number of hydrazine groups is 1. The van der Waals surface area contributed by atoms with Gasteiger partial charge in [0.2, 0.25) is 0 Å². The summed E-state index contributed by atoms with van der Waals surface area (Å²) < 4.78 is 0. The highest BCUT2D eigenvalue weighted by molar-refractivity contribution is 5.93. The van der Waals surface area contributed by atoms with Crippen molar-refractivity contribution in [3.8, 4) is 11.8 Å². The summed E-state index contributed by atoms with van der Waals surface area (Å²) in [7, 11) is 0. The van der Waals surface area contributed by atoms with Gasteiger partial charge >= 0.3 is 5.91 Å². The van der Waals surface area contributed by atoms with E-state index in [9.17, 15) is 4.79 Å². The number of amides is 1. The van der Waals surface area contributed by atoms with Crippen LogP contribution in [-0.4, -0.2) is 12.5 Å². The third-order valence-corrected chi connectivity index (χ3v) is 0.757. The Balaban J connectivity index is 3.43. The van der Waals surface area contributed by atoms with Crippen molar-refractivity contribution >= 4 is 5.91 Å². The van der Waals surface area contributed by atoms with Crippen LogP contribution >= 0.6 is 0 Å². The van der Waals surface area contributed by atoms with Crippen LogP contribution in [0.25, 0.3) is 0 Å². The molecule has 10 heavy (non-hydrogen) atoms. The molecule has 0 aliphatic rings. The Kier molecular flexibility index (Phi) is 5.50. The summed E-state index contributed by atoms with van der Waals surface area (Å²) in [6.45, 7) is 4.50. The molecule has 1 amide bonds. The number of nitrogens with one attached hydrogen (secondary N) is 2. The van der Waals surface area contributed by atoms with Gasteiger partial charge in [0.1, 0.15) is 0 Å². The molecule has 2 N–H and O–H groups in total. The van der Waals surface area contributed by atoms with Crippen LogP contribution in [0.5, 0.6) is 0 Å². The van der Waals surface area contributed by atoms with Crippen LogP contribution in [0, 0.1) is 11.8 Å². The van der Waals surface area contributed by atoms with Gasteiger partial charge in [0.25, 0.3) is 0 Å². The first-order chi connectivity index (χ1) is 4.81. The normalized spacial score (nSPS) is 7.80. The van der Waals surface area contributed by atoms with Crippen molar-refractivity contribution in [2.75, 3.05) is 6.54 Å². The van der Waals surface area contributed by atoms with Crippen LogP contribution < -0.4 is 10.9 Å². The molecule has 0 bridgehead atoms. The van der Waals surface area contributed by atoms with E-state index in [0.29, 0.717) is 13.0 Å². The van der Waals surface area contributed by atoms with Gasteiger partial charge in [-0.05, 0) is 5.92 Å². The minimum atomic E-state index is -0.274. The Labute approximate surface area is 61.2 Å². The van der Waals surface area contributed by atoms with Crippen molar-refractivity contribution < 1.29 is 4.79 Å². The van der Waals surface area contributed by atoms with E-state index >= 15 is 0 Å². The van der Waals surface area contributed by atoms with E-state index in [4.69, 9.17) is 0 Å². The lowest BCUT2D eigenvalue weighted by Crippen LogP contribution is -2.36. The van der Waals surface area contributed by atoms with Gasteiger partial charge in [-0.15, -0.1) is 0 Å². The molecule has 0 fully saturated rings.